The van der Waals surface area contributed by atoms with E-state index >= 15 is 0 Å². The average Bonchev–Trinajstić information content (AvgIpc) is 2.96. The molecule has 0 saturated heterocycles. The molecule has 0 saturated carbocycles. The van der Waals surface area contributed by atoms with Gasteiger partial charge in [-0.2, -0.15) is 0 Å². The van der Waals surface area contributed by atoms with Crippen molar-refractivity contribution < 1.29 is 0 Å². The highest BCUT2D eigenvalue weighted by Gasteiger charge is 2.21. The number of unbranched alkanes of at least 4 members (excludes halogenated alkanes) is 1. The summed E-state index contributed by atoms with van der Waals surface area (Å²) in [6, 6.07) is 17.6. The van der Waals surface area contributed by atoms with E-state index < -0.39 is 0 Å². The summed E-state index contributed by atoms with van der Waals surface area (Å²) in [5.41, 5.74) is 7.30. The third-order valence-electron chi connectivity index (χ3n) is 7.67. The fraction of sp³-hybridized carbons (Fsp3) is 0.242. The van der Waals surface area contributed by atoms with Gasteiger partial charge >= 0.3 is 0 Å². The van der Waals surface area contributed by atoms with Crippen LogP contribution in [0.4, 0.5) is 5.69 Å². The molecule has 6 rings (SSSR count). The van der Waals surface area contributed by atoms with E-state index in [2.05, 4.69) is 42.8 Å². The van der Waals surface area contributed by atoms with Crippen LogP contribution in [-0.4, -0.2) is 9.55 Å². The molecule has 3 aromatic carbocycles. The van der Waals surface area contributed by atoms with Crippen LogP contribution in [0.25, 0.3) is 41.7 Å². The number of rotatable bonds is 6. The predicted octanol–water partition coefficient (Wildman–Crippen LogP) is 6.91. The summed E-state index contributed by atoms with van der Waals surface area (Å²) in [7, 11) is 0. The topological polar surface area (TPSA) is 78.0 Å². The zero-order chi connectivity index (χ0) is 27.1. The van der Waals surface area contributed by atoms with E-state index in [9.17, 15) is 9.59 Å². The Balaban J connectivity index is 1.68. The molecule has 3 aromatic heterocycles. The number of fused-ring (bicyclic) bond motifs is 2. The van der Waals surface area contributed by atoms with Gasteiger partial charge in [-0.05, 0) is 59.4 Å². The van der Waals surface area contributed by atoms with Crippen LogP contribution in [-0.2, 0) is 6.54 Å². The van der Waals surface area contributed by atoms with Crippen molar-refractivity contribution in [1.82, 2.24) is 9.55 Å². The lowest BCUT2D eigenvalue weighted by atomic mass is 9.94. The Bertz CT molecular complexity index is 2030. The van der Waals surface area contributed by atoms with Crippen molar-refractivity contribution in [3.8, 4) is 11.8 Å². The van der Waals surface area contributed by atoms with Crippen LogP contribution in [0.1, 0.15) is 50.8 Å². The van der Waals surface area contributed by atoms with Crippen LogP contribution in [0.15, 0.2) is 70.4 Å². The van der Waals surface area contributed by atoms with Crippen LogP contribution in [0.5, 0.6) is 0 Å². The van der Waals surface area contributed by atoms with Crippen molar-refractivity contribution >= 4 is 58.7 Å². The predicted molar refractivity (Wildman–Crippen MR) is 164 cm³/mol. The number of nitrogens with two attached hydrogens (primary N) is 1. The van der Waals surface area contributed by atoms with Crippen molar-refractivity contribution in [2.45, 2.75) is 46.1 Å². The number of anilines is 1. The Hall–Kier alpha value is -4.21. The summed E-state index contributed by atoms with van der Waals surface area (Å²) >= 11 is 1.64. The lowest BCUT2D eigenvalue weighted by Crippen LogP contribution is -2.35. The molecular formula is C33H29N3O2S. The second-order valence-corrected chi connectivity index (χ2v) is 11.2. The van der Waals surface area contributed by atoms with Gasteiger partial charge in [0.05, 0.1) is 16.6 Å². The highest BCUT2D eigenvalue weighted by atomic mass is 32.1. The first kappa shape index (κ1) is 25.1. The normalized spacial score (nSPS) is 12.4. The van der Waals surface area contributed by atoms with Gasteiger partial charge in [0.25, 0.3) is 11.1 Å². The van der Waals surface area contributed by atoms with Crippen molar-refractivity contribution in [3.05, 3.63) is 92.8 Å². The standard InChI is InChI=1S/C33H29N3O2S/c1-3-5-8-20(4-2)19-36-32(37)26-16-15-25-24-9-6-7-10-28(24)39-31-21(11-13-23-14-12-22(34)18-35-23)17-27(33(36)38)29(26)30(25)31/h6-7,9-10,12,14-18,20H,3-5,8,19,34H2,1-2H3. The van der Waals surface area contributed by atoms with Crippen molar-refractivity contribution in [2.75, 3.05) is 5.73 Å². The van der Waals surface area contributed by atoms with E-state index in [1.807, 2.05) is 30.3 Å². The molecule has 0 bridgehead atoms. The maximum Gasteiger partial charge on any atom is 0.261 e. The highest BCUT2D eigenvalue weighted by Crippen LogP contribution is 2.41. The lowest BCUT2D eigenvalue weighted by molar-refractivity contribution is 0.382. The quantitative estimate of drug-likeness (QED) is 0.144. The number of pyridine rings is 2. The number of nitrogens with zero attached hydrogens (tertiary/aromatic N) is 2. The molecule has 6 aromatic rings. The van der Waals surface area contributed by atoms with Crippen LogP contribution in [0.3, 0.4) is 0 Å². The minimum absolute atomic E-state index is 0.200. The Morgan fingerprint density at radius 1 is 0.923 bits per heavy atom. The SMILES string of the molecule is CCCCC(CC)Cn1c(=O)c2ccc3c4ccccc4sc4c(C#Cc5ccc(N)cn5)cc(c1=O)c2c43. The van der Waals surface area contributed by atoms with Gasteiger partial charge in [-0.3, -0.25) is 14.2 Å². The lowest BCUT2D eigenvalue weighted by Gasteiger charge is -2.18. The number of hydrogen-bond acceptors (Lipinski definition) is 5. The minimum Gasteiger partial charge on any atom is -0.397 e. The minimum atomic E-state index is -0.233. The monoisotopic (exact) mass is 531 g/mol. The molecule has 5 nitrogen and oxygen atoms in total. The van der Waals surface area contributed by atoms with Crippen LogP contribution >= 0.6 is 11.3 Å². The molecule has 6 heteroatoms. The van der Waals surface area contributed by atoms with Gasteiger partial charge in [0.1, 0.15) is 5.69 Å². The number of aromatic nitrogens is 2. The average molecular weight is 532 g/mol. The summed E-state index contributed by atoms with van der Waals surface area (Å²) in [6.45, 7) is 4.73. The second kappa shape index (κ2) is 10.2. The first-order valence-electron chi connectivity index (χ1n) is 13.5. The molecule has 1 unspecified atom stereocenters. The molecule has 0 fully saturated rings. The first-order chi connectivity index (χ1) is 19.0. The summed E-state index contributed by atoms with van der Waals surface area (Å²) in [6.07, 6.45) is 5.70. The van der Waals surface area contributed by atoms with E-state index in [0.29, 0.717) is 28.7 Å². The largest absolute Gasteiger partial charge is 0.397 e. The Kier molecular flexibility index (Phi) is 6.54. The van der Waals surface area contributed by atoms with Crippen molar-refractivity contribution in [1.29, 1.82) is 0 Å². The summed E-state index contributed by atoms with van der Waals surface area (Å²) in [5, 5.41) is 4.94. The molecule has 0 spiro atoms. The molecule has 0 amide bonds. The molecule has 3 heterocycles. The highest BCUT2D eigenvalue weighted by molar-refractivity contribution is 7.25. The molecule has 0 aliphatic rings. The fourth-order valence-corrected chi connectivity index (χ4v) is 6.72. The number of nitrogen functional groups attached to an aromatic ring is 1. The zero-order valence-corrected chi connectivity index (χ0v) is 22.9. The van der Waals surface area contributed by atoms with Crippen molar-refractivity contribution in [2.24, 2.45) is 5.92 Å². The third kappa shape index (κ3) is 4.33. The van der Waals surface area contributed by atoms with E-state index in [-0.39, 0.29) is 17.0 Å². The van der Waals surface area contributed by atoms with E-state index in [1.165, 1.54) is 4.57 Å². The third-order valence-corrected chi connectivity index (χ3v) is 8.88. The maximum atomic E-state index is 14.0. The second-order valence-electron chi connectivity index (χ2n) is 10.2. The van der Waals surface area contributed by atoms with Gasteiger partial charge in [-0.15, -0.1) is 11.3 Å². The van der Waals surface area contributed by atoms with Gasteiger partial charge in [0, 0.05) is 38.4 Å². The maximum absolute atomic E-state index is 14.0. The first-order valence-corrected chi connectivity index (χ1v) is 14.3. The van der Waals surface area contributed by atoms with Crippen LogP contribution in [0.2, 0.25) is 0 Å². The Labute approximate surface area is 230 Å². The van der Waals surface area contributed by atoms with Gasteiger partial charge in [0.15, 0.2) is 0 Å². The summed E-state index contributed by atoms with van der Waals surface area (Å²) < 4.78 is 3.56. The molecule has 1 atom stereocenters. The van der Waals surface area contributed by atoms with Gasteiger partial charge in [-0.25, -0.2) is 4.98 Å². The Morgan fingerprint density at radius 3 is 2.49 bits per heavy atom. The molecule has 2 N–H and O–H groups in total. The summed E-state index contributed by atoms with van der Waals surface area (Å²) in [4.78, 5) is 32.1. The molecule has 194 valence electrons. The number of benzene rings is 3. The van der Waals surface area contributed by atoms with Crippen LogP contribution < -0.4 is 16.9 Å². The molecule has 39 heavy (non-hydrogen) atoms. The van der Waals surface area contributed by atoms with Crippen LogP contribution in [0, 0.1) is 17.8 Å². The van der Waals surface area contributed by atoms with E-state index in [4.69, 9.17) is 5.73 Å². The smallest absolute Gasteiger partial charge is 0.261 e. The molecule has 0 radical (unpaired) electrons. The van der Waals surface area contributed by atoms with Gasteiger partial charge < -0.3 is 5.73 Å². The Morgan fingerprint density at radius 2 is 1.72 bits per heavy atom. The fourth-order valence-electron chi connectivity index (χ4n) is 5.53. The van der Waals surface area contributed by atoms with Gasteiger partial charge in [0.2, 0.25) is 0 Å². The van der Waals surface area contributed by atoms with E-state index in [1.54, 1.807) is 29.7 Å². The number of hydrogen-bond donors (Lipinski definition) is 1. The molecule has 0 aliphatic heterocycles. The van der Waals surface area contributed by atoms with Gasteiger partial charge in [-0.1, -0.05) is 63.3 Å². The zero-order valence-electron chi connectivity index (χ0n) is 22.1. The van der Waals surface area contributed by atoms with E-state index in [0.717, 1.165) is 62.2 Å². The van der Waals surface area contributed by atoms with Crippen molar-refractivity contribution in [3.63, 3.8) is 0 Å². The molecular weight excluding hydrogens is 502 g/mol. The summed E-state index contributed by atoms with van der Waals surface area (Å²) in [5.74, 6) is 6.74. The molecule has 0 aliphatic carbocycles.